The summed E-state index contributed by atoms with van der Waals surface area (Å²) in [6.07, 6.45) is -0.268. The Hall–Kier alpha value is -2.47. The van der Waals surface area contributed by atoms with Gasteiger partial charge in [0.1, 0.15) is 18.1 Å². The number of methoxy groups -OCH3 is 2. The van der Waals surface area contributed by atoms with Crippen LogP contribution in [0, 0.1) is 5.82 Å². The standard InChI is InChI=1S/C18H18ClFO5/c1-4-11-8-14(20)17(9-13(11)19)24-10-12-15(22-2)6-5-7-16(12)25-18(21)23-3/h5-9H,4,10H2,1-3H3. The summed E-state index contributed by atoms with van der Waals surface area (Å²) in [6.45, 7) is 1.79. The van der Waals surface area contributed by atoms with E-state index in [1.165, 1.54) is 26.4 Å². The largest absolute Gasteiger partial charge is 0.513 e. The van der Waals surface area contributed by atoms with Crippen molar-refractivity contribution in [3.63, 3.8) is 0 Å². The van der Waals surface area contributed by atoms with Crippen molar-refractivity contribution < 1.29 is 28.1 Å². The van der Waals surface area contributed by atoms with Crippen molar-refractivity contribution in [2.45, 2.75) is 20.0 Å². The fourth-order valence-corrected chi connectivity index (χ4v) is 2.49. The topological polar surface area (TPSA) is 54.0 Å². The van der Waals surface area contributed by atoms with E-state index < -0.39 is 12.0 Å². The van der Waals surface area contributed by atoms with Gasteiger partial charge < -0.3 is 18.9 Å². The summed E-state index contributed by atoms with van der Waals surface area (Å²) in [7, 11) is 2.67. The minimum absolute atomic E-state index is 0.00266. The fraction of sp³-hybridized carbons (Fsp3) is 0.278. The molecular weight excluding hydrogens is 351 g/mol. The van der Waals surface area contributed by atoms with E-state index in [4.69, 9.17) is 25.8 Å². The van der Waals surface area contributed by atoms with E-state index >= 15 is 0 Å². The number of benzene rings is 2. The third-order valence-electron chi connectivity index (χ3n) is 3.52. The van der Waals surface area contributed by atoms with Crippen LogP contribution in [0.1, 0.15) is 18.1 Å². The molecule has 0 radical (unpaired) electrons. The molecule has 0 spiro atoms. The summed E-state index contributed by atoms with van der Waals surface area (Å²) in [6, 6.07) is 7.64. The molecule has 0 aromatic heterocycles. The van der Waals surface area contributed by atoms with Gasteiger partial charge in [-0.15, -0.1) is 0 Å². The smallest absolute Gasteiger partial charge is 0.496 e. The van der Waals surface area contributed by atoms with Crippen molar-refractivity contribution in [2.75, 3.05) is 14.2 Å². The first-order valence-electron chi connectivity index (χ1n) is 7.52. The zero-order valence-corrected chi connectivity index (χ0v) is 14.9. The minimum atomic E-state index is -0.879. The van der Waals surface area contributed by atoms with Gasteiger partial charge in [-0.05, 0) is 30.2 Å². The predicted molar refractivity (Wildman–Crippen MR) is 91.1 cm³/mol. The van der Waals surface area contributed by atoms with Crippen LogP contribution >= 0.6 is 11.6 Å². The van der Waals surface area contributed by atoms with Crippen LogP contribution in [0.3, 0.4) is 0 Å². The Kier molecular flexibility index (Phi) is 6.47. The molecule has 0 aliphatic heterocycles. The van der Waals surface area contributed by atoms with Crippen LogP contribution in [-0.2, 0) is 17.8 Å². The van der Waals surface area contributed by atoms with Gasteiger partial charge in [0.2, 0.25) is 0 Å². The lowest BCUT2D eigenvalue weighted by molar-refractivity contribution is 0.120. The number of rotatable bonds is 6. The van der Waals surface area contributed by atoms with Gasteiger partial charge in [0.05, 0.1) is 19.8 Å². The second kappa shape index (κ2) is 8.58. The molecule has 0 atom stereocenters. The molecule has 2 aromatic rings. The van der Waals surface area contributed by atoms with Gasteiger partial charge in [-0.1, -0.05) is 24.6 Å². The van der Waals surface area contributed by atoms with Crippen molar-refractivity contribution in [1.82, 2.24) is 0 Å². The molecule has 134 valence electrons. The molecule has 0 unspecified atom stereocenters. The predicted octanol–water partition coefficient (Wildman–Crippen LogP) is 4.77. The Labute approximate surface area is 150 Å². The zero-order chi connectivity index (χ0) is 18.4. The second-order valence-electron chi connectivity index (χ2n) is 5.01. The van der Waals surface area contributed by atoms with Crippen LogP contribution < -0.4 is 14.2 Å². The van der Waals surface area contributed by atoms with Crippen LogP contribution in [0.15, 0.2) is 30.3 Å². The van der Waals surface area contributed by atoms with Gasteiger partial charge in [0.25, 0.3) is 0 Å². The van der Waals surface area contributed by atoms with E-state index in [0.29, 0.717) is 28.3 Å². The van der Waals surface area contributed by atoms with E-state index in [1.807, 2.05) is 6.92 Å². The van der Waals surface area contributed by atoms with Gasteiger partial charge in [-0.25, -0.2) is 9.18 Å². The van der Waals surface area contributed by atoms with Crippen molar-refractivity contribution in [3.05, 3.63) is 52.3 Å². The molecule has 0 aliphatic rings. The highest BCUT2D eigenvalue weighted by Crippen LogP contribution is 2.32. The first kappa shape index (κ1) is 18.9. The maximum Gasteiger partial charge on any atom is 0.513 e. The molecular formula is C18H18ClFO5. The molecule has 0 aliphatic carbocycles. The summed E-state index contributed by atoms with van der Waals surface area (Å²) >= 11 is 6.10. The lowest BCUT2D eigenvalue weighted by Crippen LogP contribution is -2.10. The monoisotopic (exact) mass is 368 g/mol. The highest BCUT2D eigenvalue weighted by molar-refractivity contribution is 6.31. The SMILES string of the molecule is CCc1cc(F)c(OCc2c(OC)cccc2OC(=O)OC)cc1Cl. The summed E-state index contributed by atoms with van der Waals surface area (Å²) in [5.41, 5.74) is 1.13. The number of carbonyl (C=O) groups excluding carboxylic acids is 1. The molecule has 5 nitrogen and oxygen atoms in total. The third-order valence-corrected chi connectivity index (χ3v) is 3.88. The molecule has 25 heavy (non-hydrogen) atoms. The molecule has 0 bridgehead atoms. The summed E-state index contributed by atoms with van der Waals surface area (Å²) < 4.78 is 34.5. The van der Waals surface area contributed by atoms with E-state index in [1.54, 1.807) is 18.2 Å². The van der Waals surface area contributed by atoms with Gasteiger partial charge in [0.15, 0.2) is 11.6 Å². The Morgan fingerprint density at radius 2 is 1.88 bits per heavy atom. The molecule has 0 saturated carbocycles. The lowest BCUT2D eigenvalue weighted by Gasteiger charge is -2.15. The number of halogens is 2. The third kappa shape index (κ3) is 4.54. The molecule has 2 rings (SSSR count). The molecule has 0 amide bonds. The first-order valence-corrected chi connectivity index (χ1v) is 7.90. The number of aryl methyl sites for hydroxylation is 1. The second-order valence-corrected chi connectivity index (χ2v) is 5.42. The number of ether oxygens (including phenoxy) is 4. The van der Waals surface area contributed by atoms with Gasteiger partial charge in [-0.3, -0.25) is 0 Å². The first-order chi connectivity index (χ1) is 12.0. The van der Waals surface area contributed by atoms with Crippen molar-refractivity contribution >= 4 is 17.8 Å². The number of hydrogen-bond donors (Lipinski definition) is 0. The molecule has 0 heterocycles. The van der Waals surface area contributed by atoms with Crippen molar-refractivity contribution in [1.29, 1.82) is 0 Å². The zero-order valence-electron chi connectivity index (χ0n) is 14.1. The van der Waals surface area contributed by atoms with E-state index in [2.05, 4.69) is 4.74 Å². The Bertz CT molecular complexity index is 763. The Balaban J connectivity index is 2.28. The number of hydrogen-bond acceptors (Lipinski definition) is 5. The normalized spacial score (nSPS) is 10.3. The highest BCUT2D eigenvalue weighted by Gasteiger charge is 2.16. The Morgan fingerprint density at radius 3 is 2.52 bits per heavy atom. The molecule has 2 aromatic carbocycles. The molecule has 0 N–H and O–H groups in total. The average Bonchev–Trinajstić information content (AvgIpc) is 2.62. The molecule has 0 saturated heterocycles. The van der Waals surface area contributed by atoms with Crippen LogP contribution in [0.2, 0.25) is 5.02 Å². The maximum atomic E-state index is 14.1. The lowest BCUT2D eigenvalue weighted by atomic mass is 10.1. The minimum Gasteiger partial charge on any atom is -0.496 e. The summed E-state index contributed by atoms with van der Waals surface area (Å²) in [5.74, 6) is 0.102. The summed E-state index contributed by atoms with van der Waals surface area (Å²) in [4.78, 5) is 11.4. The highest BCUT2D eigenvalue weighted by atomic mass is 35.5. The maximum absolute atomic E-state index is 14.1. The fourth-order valence-electron chi connectivity index (χ4n) is 2.21. The van der Waals surface area contributed by atoms with Gasteiger partial charge in [0, 0.05) is 11.1 Å². The van der Waals surface area contributed by atoms with Gasteiger partial charge in [-0.2, -0.15) is 0 Å². The van der Waals surface area contributed by atoms with E-state index in [0.717, 1.165) is 0 Å². The number of carbonyl (C=O) groups is 1. The van der Waals surface area contributed by atoms with Crippen molar-refractivity contribution in [2.24, 2.45) is 0 Å². The van der Waals surface area contributed by atoms with Crippen LogP contribution in [0.5, 0.6) is 17.2 Å². The van der Waals surface area contributed by atoms with E-state index in [-0.39, 0.29) is 18.1 Å². The molecule has 0 fully saturated rings. The quantitative estimate of drug-likeness (QED) is 0.542. The van der Waals surface area contributed by atoms with Crippen LogP contribution in [-0.4, -0.2) is 20.4 Å². The Morgan fingerprint density at radius 1 is 1.16 bits per heavy atom. The van der Waals surface area contributed by atoms with E-state index in [9.17, 15) is 9.18 Å². The summed E-state index contributed by atoms with van der Waals surface area (Å²) in [5, 5.41) is 0.421. The van der Waals surface area contributed by atoms with Crippen LogP contribution in [0.25, 0.3) is 0 Å². The molecule has 7 heteroatoms. The van der Waals surface area contributed by atoms with Crippen LogP contribution in [0.4, 0.5) is 9.18 Å². The van der Waals surface area contributed by atoms with Gasteiger partial charge >= 0.3 is 6.16 Å². The average molecular weight is 369 g/mol. The van der Waals surface area contributed by atoms with Crippen molar-refractivity contribution in [3.8, 4) is 17.2 Å².